The van der Waals surface area contributed by atoms with E-state index in [2.05, 4.69) is 15.4 Å². The molecule has 1 aromatic rings. The minimum Gasteiger partial charge on any atom is -0.385 e. The summed E-state index contributed by atoms with van der Waals surface area (Å²) in [5, 5.41) is 16.1. The van der Waals surface area contributed by atoms with Crippen LogP contribution >= 0.6 is 11.3 Å². The summed E-state index contributed by atoms with van der Waals surface area (Å²) in [4.78, 5) is 56.5. The summed E-state index contributed by atoms with van der Waals surface area (Å²) in [6.07, 6.45) is 10.9. The number of nitrogens with zero attached hydrogens (tertiary/aromatic N) is 1. The number of rotatable bonds is 6. The van der Waals surface area contributed by atoms with Crippen LogP contribution in [0, 0.1) is 5.92 Å². The lowest BCUT2D eigenvalue weighted by atomic mass is 10.0. The second-order valence-electron chi connectivity index (χ2n) is 12.2. The average molecular weight is 605 g/mol. The molecule has 0 radical (unpaired) electrons. The quantitative estimate of drug-likeness (QED) is 0.367. The molecule has 5 atom stereocenters. The molecule has 3 fully saturated rings. The number of thiophene rings is 1. The predicted molar refractivity (Wildman–Crippen MR) is 156 cm³/mol. The summed E-state index contributed by atoms with van der Waals surface area (Å²) >= 11 is 1.19. The minimum absolute atomic E-state index is 0.0213. The highest BCUT2D eigenvalue weighted by atomic mass is 32.2. The van der Waals surface area contributed by atoms with Crippen molar-refractivity contribution in [3.05, 3.63) is 34.0 Å². The van der Waals surface area contributed by atoms with Crippen molar-refractivity contribution in [1.29, 1.82) is 0 Å². The summed E-state index contributed by atoms with van der Waals surface area (Å²) in [5.74, 6) is -1.71. The van der Waals surface area contributed by atoms with E-state index in [4.69, 9.17) is 0 Å². The van der Waals surface area contributed by atoms with E-state index in [9.17, 15) is 28.5 Å². The van der Waals surface area contributed by atoms with Gasteiger partial charge in [-0.3, -0.25) is 23.9 Å². The van der Waals surface area contributed by atoms with E-state index in [1.54, 1.807) is 26.0 Å². The van der Waals surface area contributed by atoms with Crippen LogP contribution in [0.2, 0.25) is 0 Å². The normalized spacial score (nSPS) is 30.6. The summed E-state index contributed by atoms with van der Waals surface area (Å²) in [5.41, 5.74) is -2.24. The van der Waals surface area contributed by atoms with Crippen LogP contribution in [0.5, 0.6) is 0 Å². The molecule has 224 valence electrons. The van der Waals surface area contributed by atoms with Crippen LogP contribution in [0.3, 0.4) is 0 Å². The fourth-order valence-corrected chi connectivity index (χ4v) is 7.67. The first kappa shape index (κ1) is 29.9. The zero-order valence-corrected chi connectivity index (χ0v) is 25.3. The van der Waals surface area contributed by atoms with E-state index >= 15 is 0 Å². The Kier molecular flexibility index (Phi) is 8.73. The molecular formula is C29H40N4O6S2. The number of hydrogen-bond acceptors (Lipinski definition) is 7. The first-order valence-corrected chi connectivity index (χ1v) is 16.7. The van der Waals surface area contributed by atoms with Gasteiger partial charge in [0.15, 0.2) is 0 Å². The lowest BCUT2D eigenvalue weighted by molar-refractivity contribution is -0.141. The molecule has 4 amide bonds. The van der Waals surface area contributed by atoms with Crippen LogP contribution in [0.15, 0.2) is 24.3 Å². The van der Waals surface area contributed by atoms with Gasteiger partial charge in [-0.25, -0.2) is 4.21 Å². The van der Waals surface area contributed by atoms with E-state index in [1.165, 1.54) is 16.2 Å². The van der Waals surface area contributed by atoms with Gasteiger partial charge in [-0.1, -0.05) is 25.0 Å². The maximum Gasteiger partial charge on any atom is 0.262 e. The van der Waals surface area contributed by atoms with Gasteiger partial charge in [0.25, 0.3) is 11.8 Å². The summed E-state index contributed by atoms with van der Waals surface area (Å²) in [7, 11) is -1.47. The second kappa shape index (κ2) is 12.0. The van der Waals surface area contributed by atoms with Gasteiger partial charge in [-0.15, -0.1) is 11.3 Å². The van der Waals surface area contributed by atoms with Crippen LogP contribution in [-0.2, 0) is 31.0 Å². The third-order valence-corrected chi connectivity index (χ3v) is 11.3. The number of hydrogen-bond donors (Lipinski definition) is 4. The Bertz CT molecular complexity index is 1250. The molecule has 4 aliphatic rings. The van der Waals surface area contributed by atoms with Gasteiger partial charge in [0.05, 0.1) is 15.7 Å². The maximum absolute atomic E-state index is 13.8. The number of amides is 4. The third-order valence-electron chi connectivity index (χ3n) is 8.39. The van der Waals surface area contributed by atoms with Crippen molar-refractivity contribution in [1.82, 2.24) is 20.3 Å². The van der Waals surface area contributed by atoms with Crippen molar-refractivity contribution in [3.63, 3.8) is 0 Å². The van der Waals surface area contributed by atoms with Gasteiger partial charge in [0.1, 0.15) is 28.6 Å². The molecular weight excluding hydrogens is 564 g/mol. The number of aliphatic hydroxyl groups is 1. The Morgan fingerprint density at radius 2 is 1.90 bits per heavy atom. The fourth-order valence-electron chi connectivity index (χ4n) is 5.66. The van der Waals surface area contributed by atoms with Crippen LogP contribution in [0.25, 0.3) is 0 Å². The van der Waals surface area contributed by atoms with Gasteiger partial charge in [-0.05, 0) is 77.3 Å². The highest BCUT2D eigenvalue weighted by Crippen LogP contribution is 2.46. The molecule has 2 unspecified atom stereocenters. The molecule has 12 heteroatoms. The monoisotopic (exact) mass is 604 g/mol. The lowest BCUT2D eigenvalue weighted by Crippen LogP contribution is -2.58. The number of allylic oxidation sites excluding steroid dienone is 1. The Morgan fingerprint density at radius 3 is 2.61 bits per heavy atom. The zero-order chi connectivity index (χ0) is 29.4. The molecule has 1 aromatic heterocycles. The molecule has 2 aliphatic heterocycles. The van der Waals surface area contributed by atoms with Crippen molar-refractivity contribution in [2.45, 2.75) is 107 Å². The molecule has 2 saturated carbocycles. The topological polar surface area (TPSA) is 145 Å². The van der Waals surface area contributed by atoms with Gasteiger partial charge >= 0.3 is 0 Å². The Balaban J connectivity index is 1.33. The summed E-state index contributed by atoms with van der Waals surface area (Å²) < 4.78 is 15.1. The van der Waals surface area contributed by atoms with Crippen molar-refractivity contribution in [3.8, 4) is 0 Å². The smallest absolute Gasteiger partial charge is 0.262 e. The fraction of sp³-hybridized carbons (Fsp3) is 0.655. The van der Waals surface area contributed by atoms with Crippen LogP contribution < -0.4 is 15.4 Å². The van der Waals surface area contributed by atoms with Gasteiger partial charge in [0, 0.05) is 17.3 Å². The van der Waals surface area contributed by atoms with Gasteiger partial charge in [-0.2, -0.15) is 0 Å². The molecule has 2 aliphatic carbocycles. The number of carbonyl (C=O) groups excluding carboxylic acids is 4. The molecule has 0 spiro atoms. The molecule has 4 N–H and O–H groups in total. The SMILES string of the molecule is CC(C)(O)c1ccc(C(=O)N[C@H]2CCCCC/C=C\C3C[C@@]3(C(=O)NS(=O)C3CC3)NC(=O)[C@@H]3CCCN3C2=O)s1. The Morgan fingerprint density at radius 1 is 1.12 bits per heavy atom. The lowest BCUT2D eigenvalue weighted by Gasteiger charge is -2.30. The molecule has 0 aromatic carbocycles. The van der Waals surface area contributed by atoms with Gasteiger partial charge < -0.3 is 20.6 Å². The molecule has 10 nitrogen and oxygen atoms in total. The van der Waals surface area contributed by atoms with Crippen LogP contribution in [0.1, 0.15) is 92.6 Å². The molecule has 0 bridgehead atoms. The van der Waals surface area contributed by atoms with E-state index < -0.39 is 46.0 Å². The first-order valence-electron chi connectivity index (χ1n) is 14.6. The number of carbonyl (C=O) groups is 4. The summed E-state index contributed by atoms with van der Waals surface area (Å²) in [6.45, 7) is 3.70. The number of fused-ring (bicyclic) bond motifs is 2. The Labute approximate surface area is 247 Å². The van der Waals surface area contributed by atoms with Crippen LogP contribution in [0.4, 0.5) is 0 Å². The summed E-state index contributed by atoms with van der Waals surface area (Å²) in [6, 6.07) is 1.81. The van der Waals surface area contributed by atoms with Crippen molar-refractivity contribution in [2.24, 2.45) is 5.92 Å². The van der Waals surface area contributed by atoms with E-state index in [0.29, 0.717) is 42.0 Å². The zero-order valence-electron chi connectivity index (χ0n) is 23.6. The average Bonchev–Trinajstić information content (AvgIpc) is 3.75. The highest BCUT2D eigenvalue weighted by Gasteiger charge is 2.61. The number of nitrogens with one attached hydrogen (secondary N) is 3. The largest absolute Gasteiger partial charge is 0.385 e. The van der Waals surface area contributed by atoms with Gasteiger partial charge in [0.2, 0.25) is 11.8 Å². The predicted octanol–water partition coefficient (Wildman–Crippen LogP) is 2.40. The van der Waals surface area contributed by atoms with E-state index in [1.807, 2.05) is 12.2 Å². The molecule has 5 rings (SSSR count). The minimum atomic E-state index is -1.47. The second-order valence-corrected chi connectivity index (χ2v) is 14.8. The van der Waals surface area contributed by atoms with Crippen molar-refractivity contribution >= 4 is 46.0 Å². The molecule has 3 heterocycles. The van der Waals surface area contributed by atoms with Crippen molar-refractivity contribution < 1.29 is 28.5 Å². The third kappa shape index (κ3) is 6.75. The maximum atomic E-state index is 13.8. The highest BCUT2D eigenvalue weighted by molar-refractivity contribution is 7.84. The standard InChI is InChI=1S/C29H40N4O6S2/c1-28(2,38)23-15-14-22(40-23)25(35)30-20-10-7-5-3-4-6-9-18-17-29(18,27(37)32-41(39)19-12-13-19)31-24(34)21-11-8-16-33(21)26(20)36/h6,9,14-15,18-21,38H,3-5,7-8,10-13,16-17H2,1-2H3,(H,30,35)(H,31,34)(H,32,37)/b9-6-/t18?,20-,21-,29+,41?/m0/s1. The molecule has 1 saturated heterocycles. The van der Waals surface area contributed by atoms with Crippen LogP contribution in [-0.4, -0.2) is 67.3 Å². The first-order chi connectivity index (χ1) is 19.5. The van der Waals surface area contributed by atoms with Crippen molar-refractivity contribution in [2.75, 3.05) is 6.54 Å². The van der Waals surface area contributed by atoms with E-state index in [-0.39, 0.29) is 23.0 Å². The molecule has 41 heavy (non-hydrogen) atoms. The van der Waals surface area contributed by atoms with E-state index in [0.717, 1.165) is 38.5 Å². The Hall–Kier alpha value is -2.57.